The van der Waals surface area contributed by atoms with Gasteiger partial charge in [-0.25, -0.2) is 9.13 Å². The van der Waals surface area contributed by atoms with Crippen molar-refractivity contribution in [1.29, 1.82) is 0 Å². The number of esters is 4. The first kappa shape index (κ1) is 95.1. The Bertz CT molecular complexity index is 1870. The Kier molecular flexibility index (Phi) is 68.4. The van der Waals surface area contributed by atoms with E-state index in [1.165, 1.54) is 218 Å². The summed E-state index contributed by atoms with van der Waals surface area (Å²) in [6, 6.07) is 0. The number of aliphatic hydroxyl groups is 1. The van der Waals surface area contributed by atoms with Crippen LogP contribution in [0.25, 0.3) is 0 Å². The molecule has 0 spiro atoms. The van der Waals surface area contributed by atoms with Gasteiger partial charge in [-0.05, 0) is 37.5 Å². The highest BCUT2D eigenvalue weighted by Crippen LogP contribution is 2.45. The highest BCUT2D eigenvalue weighted by molar-refractivity contribution is 7.47. The summed E-state index contributed by atoms with van der Waals surface area (Å²) in [5, 5.41) is 10.6. The van der Waals surface area contributed by atoms with Crippen LogP contribution in [-0.4, -0.2) is 96.7 Å². The van der Waals surface area contributed by atoms with E-state index in [4.69, 9.17) is 37.0 Å². The zero-order chi connectivity index (χ0) is 71.4. The predicted molar refractivity (Wildman–Crippen MR) is 395 cm³/mol. The summed E-state index contributed by atoms with van der Waals surface area (Å²) in [6.45, 7) is 9.54. The fraction of sp³-hybridized carbons (Fsp3) is 0.949. The quantitative estimate of drug-likeness (QED) is 0.0222. The molecule has 0 aromatic heterocycles. The summed E-state index contributed by atoms with van der Waals surface area (Å²) in [6.07, 6.45) is 58.5. The van der Waals surface area contributed by atoms with Gasteiger partial charge in [0.05, 0.1) is 26.4 Å². The molecule has 0 saturated heterocycles. The van der Waals surface area contributed by atoms with Crippen molar-refractivity contribution in [3.63, 3.8) is 0 Å². The van der Waals surface area contributed by atoms with E-state index in [9.17, 15) is 43.2 Å². The molecule has 0 aliphatic rings. The Morgan fingerprint density at radius 1 is 0.278 bits per heavy atom. The molecule has 0 saturated carbocycles. The third-order valence-electron chi connectivity index (χ3n) is 18.2. The number of phosphoric acid groups is 2. The molecule has 0 aromatic rings. The van der Waals surface area contributed by atoms with Crippen molar-refractivity contribution in [3.05, 3.63) is 0 Å². The largest absolute Gasteiger partial charge is 0.472 e. The van der Waals surface area contributed by atoms with Crippen molar-refractivity contribution < 1.29 is 80.2 Å². The van der Waals surface area contributed by atoms with Gasteiger partial charge in [-0.2, -0.15) is 0 Å². The van der Waals surface area contributed by atoms with Crippen molar-refractivity contribution in [1.82, 2.24) is 0 Å². The topological polar surface area (TPSA) is 237 Å². The van der Waals surface area contributed by atoms with Gasteiger partial charge in [-0.15, -0.1) is 0 Å². The summed E-state index contributed by atoms with van der Waals surface area (Å²) in [7, 11) is -9.91. The lowest BCUT2D eigenvalue weighted by atomic mass is 10.0. The second-order valence-corrected chi connectivity index (χ2v) is 32.0. The van der Waals surface area contributed by atoms with E-state index in [0.29, 0.717) is 31.6 Å². The zero-order valence-corrected chi connectivity index (χ0v) is 65.2. The molecular formula is C78H152O17P2. The highest BCUT2D eigenvalue weighted by atomic mass is 31.2. The number of aliphatic hydroxyl groups excluding tert-OH is 1. The minimum absolute atomic E-state index is 0.106. The number of carbonyl (C=O) groups excluding carboxylic acids is 4. The van der Waals surface area contributed by atoms with E-state index in [1.807, 2.05) is 0 Å². The van der Waals surface area contributed by atoms with Gasteiger partial charge in [0.1, 0.15) is 19.3 Å². The number of ether oxygens (including phenoxy) is 4. The van der Waals surface area contributed by atoms with Gasteiger partial charge in [-0.3, -0.25) is 37.3 Å². The van der Waals surface area contributed by atoms with Gasteiger partial charge < -0.3 is 33.8 Å². The van der Waals surface area contributed by atoms with Crippen LogP contribution in [0.4, 0.5) is 0 Å². The SMILES string of the molecule is CCCCCCCCCCCCCCCCCCCCCCC(=O)O[C@H](COC(=O)CCCCCCCCCCCCCCCCC(C)C)COP(=O)(O)OC[C@@H](O)COP(=O)(O)OC[C@@H](COC(=O)CCCCCCCCC(C)C)OC(=O)CCCCCCCCCCCCC. The number of phosphoric ester groups is 2. The van der Waals surface area contributed by atoms with Gasteiger partial charge in [0.25, 0.3) is 0 Å². The first-order valence-corrected chi connectivity index (χ1v) is 43.5. The molecule has 5 atom stereocenters. The van der Waals surface area contributed by atoms with Crippen LogP contribution >= 0.6 is 15.6 Å². The maximum absolute atomic E-state index is 13.1. The molecule has 0 radical (unpaired) electrons. The minimum atomic E-state index is -4.96. The van der Waals surface area contributed by atoms with Crippen molar-refractivity contribution in [2.24, 2.45) is 11.8 Å². The van der Waals surface area contributed by atoms with Crippen LogP contribution in [0.1, 0.15) is 408 Å². The van der Waals surface area contributed by atoms with Gasteiger partial charge in [0.2, 0.25) is 0 Å². The molecule has 576 valence electrons. The molecule has 97 heavy (non-hydrogen) atoms. The minimum Gasteiger partial charge on any atom is -0.462 e. The fourth-order valence-corrected chi connectivity index (χ4v) is 13.6. The lowest BCUT2D eigenvalue weighted by Crippen LogP contribution is -2.30. The van der Waals surface area contributed by atoms with E-state index in [2.05, 4.69) is 41.5 Å². The number of unbranched alkanes of at least 4 members (excludes halogenated alkanes) is 47. The lowest BCUT2D eigenvalue weighted by molar-refractivity contribution is -0.161. The van der Waals surface area contributed by atoms with E-state index in [1.54, 1.807) is 0 Å². The molecule has 0 rings (SSSR count). The zero-order valence-electron chi connectivity index (χ0n) is 63.4. The third kappa shape index (κ3) is 72.2. The van der Waals surface area contributed by atoms with Crippen molar-refractivity contribution in [2.75, 3.05) is 39.6 Å². The molecule has 0 amide bonds. The van der Waals surface area contributed by atoms with E-state index < -0.39 is 97.5 Å². The van der Waals surface area contributed by atoms with Crippen LogP contribution in [0.2, 0.25) is 0 Å². The van der Waals surface area contributed by atoms with Crippen LogP contribution in [0, 0.1) is 11.8 Å². The number of hydrogen-bond donors (Lipinski definition) is 3. The number of carbonyl (C=O) groups is 4. The maximum Gasteiger partial charge on any atom is 0.472 e. The predicted octanol–water partition coefficient (Wildman–Crippen LogP) is 23.1. The molecule has 0 aliphatic carbocycles. The molecule has 0 fully saturated rings. The van der Waals surface area contributed by atoms with Crippen molar-refractivity contribution in [3.8, 4) is 0 Å². The molecule has 0 aliphatic heterocycles. The molecule has 19 heteroatoms. The molecule has 2 unspecified atom stereocenters. The Hall–Kier alpha value is -1.94. The first-order chi connectivity index (χ1) is 46.9. The Labute approximate surface area is 594 Å². The van der Waals surface area contributed by atoms with Gasteiger partial charge in [-0.1, -0.05) is 356 Å². The fourth-order valence-electron chi connectivity index (χ4n) is 12.0. The Balaban J connectivity index is 5.20. The lowest BCUT2D eigenvalue weighted by Gasteiger charge is -2.21. The molecular weight excluding hydrogens is 1270 g/mol. The Morgan fingerprint density at radius 2 is 0.474 bits per heavy atom. The molecule has 0 bridgehead atoms. The van der Waals surface area contributed by atoms with Crippen LogP contribution in [0.3, 0.4) is 0 Å². The van der Waals surface area contributed by atoms with Gasteiger partial charge >= 0.3 is 39.5 Å². The first-order valence-electron chi connectivity index (χ1n) is 40.5. The van der Waals surface area contributed by atoms with Gasteiger partial charge in [0.15, 0.2) is 12.2 Å². The molecule has 0 heterocycles. The van der Waals surface area contributed by atoms with Crippen molar-refractivity contribution >= 4 is 39.5 Å². The summed E-state index contributed by atoms with van der Waals surface area (Å²) >= 11 is 0. The normalized spacial score (nSPS) is 14.0. The summed E-state index contributed by atoms with van der Waals surface area (Å²) < 4.78 is 68.5. The Morgan fingerprint density at radius 3 is 0.701 bits per heavy atom. The average molecular weight is 1420 g/mol. The van der Waals surface area contributed by atoms with Crippen LogP contribution < -0.4 is 0 Å². The standard InChI is InChI=1S/C78H152O17P2/c1-7-9-11-13-15-17-19-20-21-22-23-24-25-26-31-35-39-43-51-57-63-78(83)94-73(66-88-75(80)60-54-48-41-37-34-30-28-27-29-33-36-40-46-52-58-70(3)4)68-92-96(84,85)90-64-72(79)65-91-97(86,87)93-69-74(67-89-76(81)61-55-49-45-44-47-53-59-71(5)6)95-77(82)62-56-50-42-38-32-18-16-14-12-10-8-2/h70-74,79H,7-69H2,1-6H3,(H,84,85)(H,86,87)/t72-,73-,74-/m1/s1. The summed E-state index contributed by atoms with van der Waals surface area (Å²) in [5.41, 5.74) is 0. The van der Waals surface area contributed by atoms with E-state index in [-0.39, 0.29) is 25.7 Å². The molecule has 0 aromatic carbocycles. The summed E-state index contributed by atoms with van der Waals surface area (Å²) in [5.74, 6) is -0.636. The number of rotatable bonds is 77. The van der Waals surface area contributed by atoms with Crippen molar-refractivity contribution in [2.45, 2.75) is 426 Å². The average Bonchev–Trinajstić information content (AvgIpc) is 1.26. The van der Waals surface area contributed by atoms with Crippen LogP contribution in [0.5, 0.6) is 0 Å². The highest BCUT2D eigenvalue weighted by Gasteiger charge is 2.30. The maximum atomic E-state index is 13.1. The van der Waals surface area contributed by atoms with Crippen LogP contribution in [-0.2, 0) is 65.4 Å². The van der Waals surface area contributed by atoms with E-state index >= 15 is 0 Å². The second kappa shape index (κ2) is 69.8. The second-order valence-electron chi connectivity index (χ2n) is 29.1. The number of hydrogen-bond acceptors (Lipinski definition) is 15. The van der Waals surface area contributed by atoms with E-state index in [0.717, 1.165) is 102 Å². The monoisotopic (exact) mass is 1420 g/mol. The summed E-state index contributed by atoms with van der Waals surface area (Å²) in [4.78, 5) is 72.8. The van der Waals surface area contributed by atoms with Crippen LogP contribution in [0.15, 0.2) is 0 Å². The third-order valence-corrected chi connectivity index (χ3v) is 20.1. The molecule has 3 N–H and O–H groups in total. The van der Waals surface area contributed by atoms with Gasteiger partial charge in [0, 0.05) is 25.7 Å². The smallest absolute Gasteiger partial charge is 0.462 e. The molecule has 17 nitrogen and oxygen atoms in total.